The van der Waals surface area contributed by atoms with Crippen LogP contribution in [0.1, 0.15) is 12.8 Å². The van der Waals surface area contributed by atoms with Gasteiger partial charge in [-0.15, -0.1) is 11.8 Å². The molecule has 1 N–H and O–H groups in total. The van der Waals surface area contributed by atoms with Gasteiger partial charge in [-0.25, -0.2) is 9.97 Å². The number of hydrogen-bond acceptors (Lipinski definition) is 7. The highest BCUT2D eigenvalue weighted by Gasteiger charge is 2.27. The summed E-state index contributed by atoms with van der Waals surface area (Å²) in [7, 11) is 0. The van der Waals surface area contributed by atoms with Crippen LogP contribution in [0.5, 0.6) is 0 Å². The standard InChI is InChI=1S/C21H21N5O2S/c27-26(28)18-9-10-19(23-16-6-2-1-3-7-16)24-21(18)25-14-11-17(12-15-25)29-20-8-4-5-13-22-20/h1-10,13,17H,11-12,14-15H2,(H,23,24). The zero-order chi connectivity index (χ0) is 20.1. The number of thioether (sulfide) groups is 1. The van der Waals surface area contributed by atoms with Crippen LogP contribution in [0.3, 0.4) is 0 Å². The minimum atomic E-state index is -0.358. The average molecular weight is 407 g/mol. The highest BCUT2D eigenvalue weighted by molar-refractivity contribution is 7.99. The van der Waals surface area contributed by atoms with Gasteiger partial charge in [0.25, 0.3) is 0 Å². The molecular weight excluding hydrogens is 386 g/mol. The van der Waals surface area contributed by atoms with Crippen LogP contribution in [0.15, 0.2) is 71.9 Å². The van der Waals surface area contributed by atoms with Gasteiger partial charge < -0.3 is 10.2 Å². The van der Waals surface area contributed by atoms with Crippen LogP contribution in [0.25, 0.3) is 0 Å². The molecule has 2 aromatic heterocycles. The van der Waals surface area contributed by atoms with Crippen LogP contribution < -0.4 is 10.2 Å². The second-order valence-corrected chi connectivity index (χ2v) is 8.08. The molecule has 29 heavy (non-hydrogen) atoms. The topological polar surface area (TPSA) is 84.2 Å². The third-order valence-electron chi connectivity index (χ3n) is 4.76. The summed E-state index contributed by atoms with van der Waals surface area (Å²) in [5.74, 6) is 1.03. The molecule has 0 saturated carbocycles. The summed E-state index contributed by atoms with van der Waals surface area (Å²) in [6.45, 7) is 1.46. The van der Waals surface area contributed by atoms with Gasteiger partial charge >= 0.3 is 5.69 Å². The van der Waals surface area contributed by atoms with E-state index in [9.17, 15) is 10.1 Å². The van der Waals surface area contributed by atoms with Gasteiger partial charge in [-0.05, 0) is 43.2 Å². The first-order chi connectivity index (χ1) is 14.2. The molecule has 0 radical (unpaired) electrons. The number of para-hydroxylation sites is 1. The Morgan fingerprint density at radius 3 is 2.48 bits per heavy atom. The Bertz CT molecular complexity index is 963. The van der Waals surface area contributed by atoms with Crippen LogP contribution in [0, 0.1) is 10.1 Å². The van der Waals surface area contributed by atoms with E-state index in [2.05, 4.69) is 15.3 Å². The molecular formula is C21H21N5O2S. The number of nitro groups is 1. The lowest BCUT2D eigenvalue weighted by molar-refractivity contribution is -0.384. The summed E-state index contributed by atoms with van der Waals surface area (Å²) in [6.07, 6.45) is 3.66. The predicted molar refractivity (Wildman–Crippen MR) is 116 cm³/mol. The first-order valence-electron chi connectivity index (χ1n) is 9.49. The van der Waals surface area contributed by atoms with Crippen LogP contribution in [0.4, 0.5) is 23.0 Å². The maximum Gasteiger partial charge on any atom is 0.311 e. The fraction of sp³-hybridized carbons (Fsp3) is 0.238. The van der Waals surface area contributed by atoms with Crippen LogP contribution in [-0.4, -0.2) is 33.2 Å². The second-order valence-electron chi connectivity index (χ2n) is 6.76. The molecule has 0 unspecified atom stereocenters. The number of nitrogens with one attached hydrogen (secondary N) is 1. The van der Waals surface area contributed by atoms with Gasteiger partial charge in [0.05, 0.1) is 9.95 Å². The summed E-state index contributed by atoms with van der Waals surface area (Å²) < 4.78 is 0. The third-order valence-corrected chi connectivity index (χ3v) is 6.05. The molecule has 3 heterocycles. The van der Waals surface area contributed by atoms with Crippen molar-refractivity contribution in [1.82, 2.24) is 9.97 Å². The van der Waals surface area contributed by atoms with E-state index in [1.165, 1.54) is 6.07 Å². The van der Waals surface area contributed by atoms with Crippen LogP contribution in [0.2, 0.25) is 0 Å². The Hall–Kier alpha value is -3.13. The van der Waals surface area contributed by atoms with Crippen molar-refractivity contribution in [2.45, 2.75) is 23.1 Å². The van der Waals surface area contributed by atoms with E-state index >= 15 is 0 Å². The molecule has 1 saturated heterocycles. The van der Waals surface area contributed by atoms with Gasteiger partial charge in [0.15, 0.2) is 0 Å². The van der Waals surface area contributed by atoms with Crippen molar-refractivity contribution >= 4 is 34.8 Å². The monoisotopic (exact) mass is 407 g/mol. The minimum absolute atomic E-state index is 0.0411. The Morgan fingerprint density at radius 2 is 1.79 bits per heavy atom. The van der Waals surface area contributed by atoms with Gasteiger partial charge in [-0.2, -0.15) is 0 Å². The van der Waals surface area contributed by atoms with E-state index < -0.39 is 0 Å². The lowest BCUT2D eigenvalue weighted by Gasteiger charge is -2.32. The molecule has 1 aliphatic rings. The summed E-state index contributed by atoms with van der Waals surface area (Å²) in [5, 5.41) is 16.2. The number of nitrogens with zero attached hydrogens (tertiary/aromatic N) is 4. The zero-order valence-electron chi connectivity index (χ0n) is 15.8. The van der Waals surface area contributed by atoms with E-state index in [4.69, 9.17) is 0 Å². The molecule has 8 heteroatoms. The third kappa shape index (κ3) is 4.83. The van der Waals surface area contributed by atoms with E-state index in [1.807, 2.05) is 53.4 Å². The lowest BCUT2D eigenvalue weighted by atomic mass is 10.1. The molecule has 148 valence electrons. The van der Waals surface area contributed by atoms with Crippen molar-refractivity contribution in [3.05, 3.63) is 77.0 Å². The summed E-state index contributed by atoms with van der Waals surface area (Å²) in [6, 6.07) is 18.8. The molecule has 1 aromatic carbocycles. The molecule has 0 atom stereocenters. The molecule has 3 aromatic rings. The van der Waals surface area contributed by atoms with Gasteiger partial charge in [0, 0.05) is 36.3 Å². The van der Waals surface area contributed by atoms with E-state index in [-0.39, 0.29) is 10.6 Å². The normalized spacial score (nSPS) is 14.6. The maximum absolute atomic E-state index is 11.5. The molecule has 4 rings (SSSR count). The number of pyridine rings is 2. The number of hydrogen-bond donors (Lipinski definition) is 1. The Labute approximate surface area is 173 Å². The smallest absolute Gasteiger partial charge is 0.311 e. The molecule has 0 spiro atoms. The highest BCUT2D eigenvalue weighted by Crippen LogP contribution is 2.34. The summed E-state index contributed by atoms with van der Waals surface area (Å²) in [5.41, 5.74) is 0.935. The van der Waals surface area contributed by atoms with Crippen LogP contribution >= 0.6 is 11.8 Å². The number of rotatable bonds is 6. The van der Waals surface area contributed by atoms with E-state index in [1.54, 1.807) is 24.0 Å². The molecule has 1 aliphatic heterocycles. The second kappa shape index (κ2) is 8.91. The molecule has 1 fully saturated rings. The lowest BCUT2D eigenvalue weighted by Crippen LogP contribution is -2.35. The number of piperidine rings is 1. The Morgan fingerprint density at radius 1 is 1.03 bits per heavy atom. The van der Waals surface area contributed by atoms with E-state index in [0.717, 1.165) is 36.6 Å². The quantitative estimate of drug-likeness (QED) is 0.460. The molecule has 7 nitrogen and oxygen atoms in total. The highest BCUT2D eigenvalue weighted by atomic mass is 32.2. The SMILES string of the molecule is O=[N+]([O-])c1ccc(Nc2ccccc2)nc1N1CCC(Sc2ccccn2)CC1. The number of anilines is 3. The van der Waals surface area contributed by atoms with Gasteiger partial charge in [0.1, 0.15) is 5.82 Å². The van der Waals surface area contributed by atoms with Gasteiger partial charge in [0.2, 0.25) is 5.82 Å². The summed E-state index contributed by atoms with van der Waals surface area (Å²) >= 11 is 1.77. The first-order valence-corrected chi connectivity index (χ1v) is 10.4. The first kappa shape index (κ1) is 19.2. The average Bonchev–Trinajstić information content (AvgIpc) is 2.75. The fourth-order valence-corrected chi connectivity index (χ4v) is 4.40. The van der Waals surface area contributed by atoms with Crippen molar-refractivity contribution < 1.29 is 4.92 Å². The van der Waals surface area contributed by atoms with Crippen LogP contribution in [-0.2, 0) is 0 Å². The molecule has 0 aliphatic carbocycles. The Kier molecular flexibility index (Phi) is 5.90. The van der Waals surface area contributed by atoms with Gasteiger partial charge in [-0.3, -0.25) is 10.1 Å². The van der Waals surface area contributed by atoms with Crippen molar-refractivity contribution in [3.63, 3.8) is 0 Å². The van der Waals surface area contributed by atoms with Gasteiger partial charge in [-0.1, -0.05) is 24.3 Å². The number of benzene rings is 1. The largest absolute Gasteiger partial charge is 0.351 e. The predicted octanol–water partition coefficient (Wildman–Crippen LogP) is 4.89. The minimum Gasteiger partial charge on any atom is -0.351 e. The molecule has 0 amide bonds. The van der Waals surface area contributed by atoms with Crippen molar-refractivity contribution in [2.75, 3.05) is 23.3 Å². The number of aromatic nitrogens is 2. The van der Waals surface area contributed by atoms with Crippen molar-refractivity contribution in [1.29, 1.82) is 0 Å². The summed E-state index contributed by atoms with van der Waals surface area (Å²) in [4.78, 5) is 22.2. The molecule has 0 bridgehead atoms. The van der Waals surface area contributed by atoms with Crippen molar-refractivity contribution in [3.8, 4) is 0 Å². The Balaban J connectivity index is 1.48. The fourth-order valence-electron chi connectivity index (χ4n) is 3.33. The zero-order valence-corrected chi connectivity index (χ0v) is 16.6. The van der Waals surface area contributed by atoms with E-state index in [0.29, 0.717) is 16.9 Å². The maximum atomic E-state index is 11.5. The van der Waals surface area contributed by atoms with Crippen molar-refractivity contribution in [2.24, 2.45) is 0 Å².